The molecule has 0 aliphatic carbocycles. The summed E-state index contributed by atoms with van der Waals surface area (Å²) >= 11 is 0. The highest BCUT2D eigenvalue weighted by Gasteiger charge is 1.99. The van der Waals surface area contributed by atoms with Gasteiger partial charge in [0, 0.05) is 12.6 Å². The van der Waals surface area contributed by atoms with Crippen LogP contribution in [0.1, 0.15) is 11.1 Å². The van der Waals surface area contributed by atoms with Crippen molar-refractivity contribution in [1.29, 1.82) is 0 Å². The quantitative estimate of drug-likeness (QED) is 0.673. The molecule has 26 heavy (non-hydrogen) atoms. The lowest BCUT2D eigenvalue weighted by Gasteiger charge is -2.05. The van der Waals surface area contributed by atoms with Gasteiger partial charge < -0.3 is 20.5 Å². The van der Waals surface area contributed by atoms with Gasteiger partial charge in [-0.15, -0.1) is 0 Å². The number of primary amides is 1. The van der Waals surface area contributed by atoms with Gasteiger partial charge in [-0.3, -0.25) is 9.59 Å². The van der Waals surface area contributed by atoms with Crippen molar-refractivity contribution in [1.82, 2.24) is 5.32 Å². The number of ether oxygens (including phenoxy) is 2. The van der Waals surface area contributed by atoms with Crippen LogP contribution in [-0.2, 0) is 16.0 Å². The molecule has 0 bridgehead atoms. The zero-order valence-corrected chi connectivity index (χ0v) is 14.6. The standard InChI is InChI=1S/C20H22N2O4/c1-25-17-7-2-16(3-8-17)12-13-22-20(24)11-6-15-4-9-18(10-5-15)26-14-19(21)23/h2-11H,12-14H2,1H3,(H2,21,23)(H,22,24)/b11-6+. The summed E-state index contributed by atoms with van der Waals surface area (Å²) in [4.78, 5) is 22.5. The molecule has 0 aliphatic rings. The van der Waals surface area contributed by atoms with Crippen LogP contribution in [0.25, 0.3) is 6.08 Å². The molecule has 2 aromatic carbocycles. The second kappa shape index (κ2) is 9.88. The molecule has 0 saturated carbocycles. The van der Waals surface area contributed by atoms with Crippen molar-refractivity contribution >= 4 is 17.9 Å². The van der Waals surface area contributed by atoms with E-state index in [2.05, 4.69) is 5.32 Å². The summed E-state index contributed by atoms with van der Waals surface area (Å²) in [5.41, 5.74) is 6.99. The molecular weight excluding hydrogens is 332 g/mol. The van der Waals surface area contributed by atoms with Crippen molar-refractivity contribution in [3.63, 3.8) is 0 Å². The van der Waals surface area contributed by atoms with Crippen LogP contribution < -0.4 is 20.5 Å². The van der Waals surface area contributed by atoms with Gasteiger partial charge in [0.15, 0.2) is 6.61 Å². The van der Waals surface area contributed by atoms with Crippen LogP contribution in [0.2, 0.25) is 0 Å². The highest BCUT2D eigenvalue weighted by atomic mass is 16.5. The lowest BCUT2D eigenvalue weighted by molar-refractivity contribution is -0.120. The molecule has 2 rings (SSSR count). The van der Waals surface area contributed by atoms with Crippen LogP contribution in [0.5, 0.6) is 11.5 Å². The van der Waals surface area contributed by atoms with Crippen LogP contribution in [-0.4, -0.2) is 32.1 Å². The lowest BCUT2D eigenvalue weighted by Crippen LogP contribution is -2.23. The first-order valence-electron chi connectivity index (χ1n) is 8.17. The van der Waals surface area contributed by atoms with Gasteiger partial charge in [-0.05, 0) is 47.9 Å². The highest BCUT2D eigenvalue weighted by molar-refractivity contribution is 5.91. The van der Waals surface area contributed by atoms with E-state index >= 15 is 0 Å². The Labute approximate surface area is 152 Å². The van der Waals surface area contributed by atoms with Crippen LogP contribution in [0.4, 0.5) is 0 Å². The highest BCUT2D eigenvalue weighted by Crippen LogP contribution is 2.13. The zero-order chi connectivity index (χ0) is 18.8. The van der Waals surface area contributed by atoms with Gasteiger partial charge in [0.1, 0.15) is 11.5 Å². The molecule has 0 radical (unpaired) electrons. The van der Waals surface area contributed by atoms with E-state index in [0.717, 1.165) is 23.3 Å². The SMILES string of the molecule is COc1ccc(CCNC(=O)/C=C/c2ccc(OCC(N)=O)cc2)cc1. The van der Waals surface area contributed by atoms with E-state index in [1.54, 1.807) is 37.5 Å². The van der Waals surface area contributed by atoms with Crippen molar-refractivity contribution in [3.8, 4) is 11.5 Å². The number of nitrogens with two attached hydrogens (primary N) is 1. The molecule has 2 amide bonds. The fraction of sp³-hybridized carbons (Fsp3) is 0.200. The number of carbonyl (C=O) groups excluding carboxylic acids is 2. The van der Waals surface area contributed by atoms with Gasteiger partial charge >= 0.3 is 0 Å². The van der Waals surface area contributed by atoms with Crippen molar-refractivity contribution in [2.45, 2.75) is 6.42 Å². The Balaban J connectivity index is 1.74. The number of benzene rings is 2. The van der Waals surface area contributed by atoms with Crippen LogP contribution in [0.3, 0.4) is 0 Å². The summed E-state index contributed by atoms with van der Waals surface area (Å²) < 4.78 is 10.3. The minimum Gasteiger partial charge on any atom is -0.497 e. The van der Waals surface area contributed by atoms with E-state index in [1.165, 1.54) is 6.08 Å². The average Bonchev–Trinajstić information content (AvgIpc) is 2.66. The molecule has 0 spiro atoms. The topological polar surface area (TPSA) is 90.7 Å². The van der Waals surface area contributed by atoms with Gasteiger partial charge in [-0.2, -0.15) is 0 Å². The third kappa shape index (κ3) is 6.68. The molecule has 136 valence electrons. The second-order valence-electron chi connectivity index (χ2n) is 5.55. The van der Waals surface area contributed by atoms with E-state index in [1.807, 2.05) is 24.3 Å². The fourth-order valence-corrected chi connectivity index (χ4v) is 2.18. The Morgan fingerprint density at radius 1 is 1.04 bits per heavy atom. The van der Waals surface area contributed by atoms with E-state index in [4.69, 9.17) is 15.2 Å². The van der Waals surface area contributed by atoms with E-state index < -0.39 is 5.91 Å². The Morgan fingerprint density at radius 2 is 1.69 bits per heavy atom. The molecule has 0 heterocycles. The van der Waals surface area contributed by atoms with Gasteiger partial charge in [0.25, 0.3) is 5.91 Å². The number of carbonyl (C=O) groups is 2. The average molecular weight is 354 g/mol. The number of methoxy groups -OCH3 is 1. The smallest absolute Gasteiger partial charge is 0.255 e. The molecule has 0 aliphatic heterocycles. The van der Waals surface area contributed by atoms with Gasteiger partial charge in [0.2, 0.25) is 5.91 Å². The minimum absolute atomic E-state index is 0.160. The number of amides is 2. The number of nitrogens with one attached hydrogen (secondary N) is 1. The number of rotatable bonds is 9. The molecule has 0 unspecified atom stereocenters. The summed E-state index contributed by atoms with van der Waals surface area (Å²) in [6.07, 6.45) is 3.93. The Morgan fingerprint density at radius 3 is 2.31 bits per heavy atom. The molecule has 6 heteroatoms. The summed E-state index contributed by atoms with van der Waals surface area (Å²) in [7, 11) is 1.63. The molecule has 0 fully saturated rings. The monoisotopic (exact) mass is 354 g/mol. The fourth-order valence-electron chi connectivity index (χ4n) is 2.18. The Hall–Kier alpha value is -3.28. The third-order valence-electron chi connectivity index (χ3n) is 3.56. The maximum Gasteiger partial charge on any atom is 0.255 e. The normalized spacial score (nSPS) is 10.5. The Kier molecular flexibility index (Phi) is 7.24. The van der Waals surface area contributed by atoms with Crippen molar-refractivity contribution < 1.29 is 19.1 Å². The first kappa shape index (κ1) is 19.1. The second-order valence-corrected chi connectivity index (χ2v) is 5.55. The maximum atomic E-state index is 11.9. The summed E-state index contributed by atoms with van der Waals surface area (Å²) in [5.74, 6) is 0.671. The van der Waals surface area contributed by atoms with Gasteiger partial charge in [-0.25, -0.2) is 0 Å². The van der Waals surface area contributed by atoms with Crippen molar-refractivity contribution in [2.24, 2.45) is 5.73 Å². The Bertz CT molecular complexity index is 752. The van der Waals surface area contributed by atoms with Crippen LogP contribution in [0.15, 0.2) is 54.6 Å². The van der Waals surface area contributed by atoms with E-state index in [-0.39, 0.29) is 12.5 Å². The molecule has 0 aromatic heterocycles. The third-order valence-corrected chi connectivity index (χ3v) is 3.56. The number of hydrogen-bond donors (Lipinski definition) is 2. The predicted octanol–water partition coefficient (Wildman–Crippen LogP) is 1.93. The summed E-state index contributed by atoms with van der Waals surface area (Å²) in [5, 5.41) is 2.84. The minimum atomic E-state index is -0.528. The first-order chi connectivity index (χ1) is 12.6. The molecule has 6 nitrogen and oxygen atoms in total. The molecule has 0 atom stereocenters. The van der Waals surface area contributed by atoms with Gasteiger partial charge in [0.05, 0.1) is 7.11 Å². The zero-order valence-electron chi connectivity index (χ0n) is 14.6. The largest absolute Gasteiger partial charge is 0.497 e. The first-order valence-corrected chi connectivity index (χ1v) is 8.17. The molecular formula is C20H22N2O4. The van der Waals surface area contributed by atoms with Gasteiger partial charge in [-0.1, -0.05) is 24.3 Å². The molecule has 2 aromatic rings. The van der Waals surface area contributed by atoms with Crippen LogP contribution in [0, 0.1) is 0 Å². The van der Waals surface area contributed by atoms with Crippen molar-refractivity contribution in [2.75, 3.05) is 20.3 Å². The number of hydrogen-bond acceptors (Lipinski definition) is 4. The van der Waals surface area contributed by atoms with Crippen molar-refractivity contribution in [3.05, 3.63) is 65.7 Å². The summed E-state index contributed by atoms with van der Waals surface area (Å²) in [6.45, 7) is 0.390. The molecule has 3 N–H and O–H groups in total. The lowest BCUT2D eigenvalue weighted by atomic mass is 10.1. The predicted molar refractivity (Wildman–Crippen MR) is 99.9 cm³/mol. The summed E-state index contributed by atoms with van der Waals surface area (Å²) in [6, 6.07) is 14.7. The van der Waals surface area contributed by atoms with E-state index in [0.29, 0.717) is 12.3 Å². The maximum absolute atomic E-state index is 11.9. The van der Waals surface area contributed by atoms with E-state index in [9.17, 15) is 9.59 Å². The van der Waals surface area contributed by atoms with Crippen LogP contribution >= 0.6 is 0 Å². The molecule has 0 saturated heterocycles.